The van der Waals surface area contributed by atoms with Crippen molar-refractivity contribution >= 4 is 58.7 Å². The maximum atomic E-state index is 3.55. The lowest BCUT2D eigenvalue weighted by atomic mass is 10.0. The molecule has 0 fully saturated rings. The van der Waals surface area contributed by atoms with Crippen LogP contribution >= 0.6 is 47.8 Å². The van der Waals surface area contributed by atoms with E-state index in [1.807, 2.05) is 6.20 Å². The van der Waals surface area contributed by atoms with Crippen molar-refractivity contribution in [3.63, 3.8) is 0 Å². The Morgan fingerprint density at radius 1 is 0.778 bits per heavy atom. The highest BCUT2D eigenvalue weighted by atomic mass is 79.9. The second-order valence-corrected chi connectivity index (χ2v) is 6.54. The summed E-state index contributed by atoms with van der Waals surface area (Å²) in [6.07, 6.45) is 1.96. The van der Waals surface area contributed by atoms with Crippen LogP contribution in [0.5, 0.6) is 0 Å². The maximum Gasteiger partial charge on any atom is 0.0459 e. The van der Waals surface area contributed by atoms with Crippen LogP contribution in [0.4, 0.5) is 0 Å². The van der Waals surface area contributed by atoms with Crippen LogP contribution in [0.25, 0.3) is 22.0 Å². The maximum absolute atomic E-state index is 3.55. The van der Waals surface area contributed by atoms with E-state index in [0.29, 0.717) is 0 Å². The van der Waals surface area contributed by atoms with E-state index in [2.05, 4.69) is 89.2 Å². The summed E-state index contributed by atoms with van der Waals surface area (Å²) in [7, 11) is 0. The quantitative estimate of drug-likeness (QED) is 0.448. The zero-order valence-corrected chi connectivity index (χ0v) is 13.9. The van der Waals surface area contributed by atoms with Gasteiger partial charge in [0.25, 0.3) is 0 Å². The van der Waals surface area contributed by atoms with Gasteiger partial charge in [0.15, 0.2) is 0 Å². The van der Waals surface area contributed by atoms with Gasteiger partial charge in [0.1, 0.15) is 0 Å². The molecular formula is C14H8Br3N. The van der Waals surface area contributed by atoms with Gasteiger partial charge in [0, 0.05) is 25.1 Å². The van der Waals surface area contributed by atoms with Gasteiger partial charge in [-0.05, 0) is 94.6 Å². The smallest absolute Gasteiger partial charge is 0.0459 e. The molecule has 0 saturated heterocycles. The Kier molecular flexibility index (Phi) is 3.34. The zero-order chi connectivity index (χ0) is 12.7. The first-order valence-electron chi connectivity index (χ1n) is 5.37. The molecule has 0 unspecified atom stereocenters. The van der Waals surface area contributed by atoms with Crippen LogP contribution in [0.3, 0.4) is 0 Å². The molecule has 1 N–H and O–H groups in total. The van der Waals surface area contributed by atoms with E-state index in [4.69, 9.17) is 0 Å². The molecule has 0 aliphatic heterocycles. The first-order chi connectivity index (χ1) is 8.65. The fourth-order valence-electron chi connectivity index (χ4n) is 1.96. The van der Waals surface area contributed by atoms with Gasteiger partial charge in [-0.1, -0.05) is 6.07 Å². The van der Waals surface area contributed by atoms with Gasteiger partial charge >= 0.3 is 0 Å². The van der Waals surface area contributed by atoms with Crippen molar-refractivity contribution in [2.45, 2.75) is 0 Å². The van der Waals surface area contributed by atoms with Crippen molar-refractivity contribution in [2.75, 3.05) is 0 Å². The Morgan fingerprint density at radius 3 is 2.22 bits per heavy atom. The van der Waals surface area contributed by atoms with Gasteiger partial charge in [0.2, 0.25) is 0 Å². The minimum absolute atomic E-state index is 1.04. The Balaban J connectivity index is 2.19. The number of fused-ring (bicyclic) bond motifs is 1. The third kappa shape index (κ3) is 2.17. The lowest BCUT2D eigenvalue weighted by Gasteiger charge is -2.06. The van der Waals surface area contributed by atoms with Crippen LogP contribution < -0.4 is 0 Å². The van der Waals surface area contributed by atoms with Gasteiger partial charge in [-0.3, -0.25) is 0 Å². The third-order valence-electron chi connectivity index (χ3n) is 2.87. The number of hydrogen-bond acceptors (Lipinski definition) is 0. The average Bonchev–Trinajstić information content (AvgIpc) is 2.82. The molecule has 3 rings (SSSR count). The highest BCUT2D eigenvalue weighted by molar-refractivity contribution is 9.14. The van der Waals surface area contributed by atoms with Crippen molar-refractivity contribution < 1.29 is 0 Å². The molecule has 0 atom stereocenters. The van der Waals surface area contributed by atoms with Crippen molar-refractivity contribution in [3.05, 3.63) is 56.0 Å². The van der Waals surface area contributed by atoms with Crippen molar-refractivity contribution in [1.82, 2.24) is 4.98 Å². The van der Waals surface area contributed by atoms with Crippen LogP contribution in [0.2, 0.25) is 0 Å². The molecule has 1 nitrogen and oxygen atoms in total. The summed E-state index contributed by atoms with van der Waals surface area (Å²) in [6.45, 7) is 0. The number of halogens is 3. The normalized spacial score (nSPS) is 11.1. The molecule has 2 aromatic carbocycles. The van der Waals surface area contributed by atoms with Crippen LogP contribution in [0.15, 0.2) is 56.0 Å². The minimum Gasteiger partial charge on any atom is -0.361 e. The average molecular weight is 430 g/mol. The SMILES string of the molecule is Brc1cc(-c2ccc3[nH]ccc3c2)cc(Br)c1Br. The predicted molar refractivity (Wildman–Crippen MR) is 86.8 cm³/mol. The molecule has 0 radical (unpaired) electrons. The molecule has 1 aromatic heterocycles. The van der Waals surface area contributed by atoms with E-state index in [-0.39, 0.29) is 0 Å². The summed E-state index contributed by atoms with van der Waals surface area (Å²) in [5.41, 5.74) is 3.55. The minimum atomic E-state index is 1.04. The van der Waals surface area contributed by atoms with E-state index >= 15 is 0 Å². The topological polar surface area (TPSA) is 15.8 Å². The van der Waals surface area contributed by atoms with Gasteiger partial charge in [0.05, 0.1) is 0 Å². The molecular weight excluding hydrogens is 422 g/mol. The molecule has 4 heteroatoms. The zero-order valence-electron chi connectivity index (χ0n) is 9.18. The monoisotopic (exact) mass is 427 g/mol. The Morgan fingerprint density at radius 2 is 1.50 bits per heavy atom. The molecule has 0 amide bonds. The third-order valence-corrected chi connectivity index (χ3v) is 6.04. The molecule has 1 heterocycles. The highest BCUT2D eigenvalue weighted by Gasteiger charge is 2.07. The first-order valence-corrected chi connectivity index (χ1v) is 7.75. The molecule has 0 spiro atoms. The van der Waals surface area contributed by atoms with E-state index < -0.39 is 0 Å². The molecule has 0 bridgehead atoms. The number of aromatic nitrogens is 1. The fourth-order valence-corrected chi connectivity index (χ4v) is 3.37. The van der Waals surface area contributed by atoms with Gasteiger partial charge in [-0.15, -0.1) is 0 Å². The largest absolute Gasteiger partial charge is 0.361 e. The van der Waals surface area contributed by atoms with Crippen LogP contribution in [0, 0.1) is 0 Å². The molecule has 18 heavy (non-hydrogen) atoms. The van der Waals surface area contributed by atoms with Crippen molar-refractivity contribution in [1.29, 1.82) is 0 Å². The standard InChI is InChI=1S/C14H8Br3N/c15-11-6-10(7-12(16)14(11)17)8-1-2-13-9(5-8)3-4-18-13/h1-7,18H. The van der Waals surface area contributed by atoms with E-state index in [9.17, 15) is 0 Å². The lowest BCUT2D eigenvalue weighted by molar-refractivity contribution is 1.47. The Hall–Kier alpha value is -0.580. The molecule has 3 aromatic rings. The number of nitrogens with one attached hydrogen (secondary N) is 1. The number of rotatable bonds is 1. The van der Waals surface area contributed by atoms with E-state index in [1.165, 1.54) is 16.5 Å². The van der Waals surface area contributed by atoms with Crippen molar-refractivity contribution in [2.24, 2.45) is 0 Å². The van der Waals surface area contributed by atoms with Crippen LogP contribution in [-0.4, -0.2) is 4.98 Å². The van der Waals surface area contributed by atoms with Crippen LogP contribution in [0.1, 0.15) is 0 Å². The van der Waals surface area contributed by atoms with E-state index in [1.54, 1.807) is 0 Å². The summed E-state index contributed by atoms with van der Waals surface area (Å²) in [4.78, 5) is 3.20. The second kappa shape index (κ2) is 4.83. The number of aromatic amines is 1. The fraction of sp³-hybridized carbons (Fsp3) is 0. The molecule has 0 aliphatic carbocycles. The predicted octanol–water partition coefficient (Wildman–Crippen LogP) is 6.12. The summed E-state index contributed by atoms with van der Waals surface area (Å²) >= 11 is 10.6. The summed E-state index contributed by atoms with van der Waals surface area (Å²) in [5, 5.41) is 1.22. The van der Waals surface area contributed by atoms with E-state index in [0.717, 1.165) is 18.9 Å². The summed E-state index contributed by atoms with van der Waals surface area (Å²) in [6, 6.07) is 12.7. The Bertz CT molecular complexity index is 708. The Labute approximate surface area is 130 Å². The first kappa shape index (κ1) is 12.5. The van der Waals surface area contributed by atoms with Gasteiger partial charge < -0.3 is 4.98 Å². The van der Waals surface area contributed by atoms with Gasteiger partial charge in [-0.2, -0.15) is 0 Å². The summed E-state index contributed by atoms with van der Waals surface area (Å²) in [5.74, 6) is 0. The number of benzene rings is 2. The van der Waals surface area contributed by atoms with Crippen molar-refractivity contribution in [3.8, 4) is 11.1 Å². The van der Waals surface area contributed by atoms with Gasteiger partial charge in [-0.25, -0.2) is 0 Å². The second-order valence-electron chi connectivity index (χ2n) is 4.03. The molecule has 0 aliphatic rings. The molecule has 0 saturated carbocycles. The lowest BCUT2D eigenvalue weighted by Crippen LogP contribution is -1.81. The highest BCUT2D eigenvalue weighted by Crippen LogP contribution is 2.36. The molecule has 90 valence electrons. The van der Waals surface area contributed by atoms with Crippen LogP contribution in [-0.2, 0) is 0 Å². The number of H-pyrrole nitrogens is 1. The number of hydrogen-bond donors (Lipinski definition) is 1. The summed E-state index contributed by atoms with van der Waals surface area (Å²) < 4.78 is 3.12.